The van der Waals surface area contributed by atoms with Crippen molar-refractivity contribution in [1.29, 1.82) is 0 Å². The van der Waals surface area contributed by atoms with E-state index in [2.05, 4.69) is 43.3 Å². The Hall–Kier alpha value is -1.98. The number of hydrogen-bond acceptors (Lipinski definition) is 2. The second-order valence-electron chi connectivity index (χ2n) is 4.79. The Morgan fingerprint density at radius 3 is 2.74 bits per heavy atom. The van der Waals surface area contributed by atoms with Crippen molar-refractivity contribution in [1.82, 2.24) is 5.32 Å². The van der Waals surface area contributed by atoms with Gasteiger partial charge in [-0.1, -0.05) is 50.1 Å². The van der Waals surface area contributed by atoms with Crippen molar-refractivity contribution in [3.8, 4) is 18.1 Å². The van der Waals surface area contributed by atoms with Crippen LogP contribution in [-0.2, 0) is 6.54 Å². The second kappa shape index (κ2) is 6.26. The zero-order valence-corrected chi connectivity index (χ0v) is 11.4. The summed E-state index contributed by atoms with van der Waals surface area (Å²) in [5, 5.41) is 5.87. The van der Waals surface area contributed by atoms with Gasteiger partial charge in [0.1, 0.15) is 12.4 Å². The maximum absolute atomic E-state index is 5.65. The Labute approximate surface area is 114 Å². The van der Waals surface area contributed by atoms with Crippen LogP contribution in [0.25, 0.3) is 10.8 Å². The topological polar surface area (TPSA) is 21.3 Å². The predicted octanol–water partition coefficient (Wildman–Crippen LogP) is 3.35. The van der Waals surface area contributed by atoms with Gasteiger partial charge in [0.25, 0.3) is 0 Å². The van der Waals surface area contributed by atoms with Gasteiger partial charge in [0.05, 0.1) is 0 Å². The summed E-state index contributed by atoms with van der Waals surface area (Å²) in [5.41, 5.74) is 1.17. The number of nitrogens with one attached hydrogen (secondary N) is 1. The molecule has 1 N–H and O–H groups in total. The van der Waals surface area contributed by atoms with Crippen molar-refractivity contribution >= 4 is 10.8 Å². The normalized spacial score (nSPS) is 10.6. The highest BCUT2D eigenvalue weighted by atomic mass is 16.5. The average Bonchev–Trinajstić information content (AvgIpc) is 2.42. The SMILES string of the molecule is C#CCOc1ccc2ccccc2c1CNC(C)C. The van der Waals surface area contributed by atoms with Crippen LogP contribution in [0.3, 0.4) is 0 Å². The van der Waals surface area contributed by atoms with Crippen LogP contribution in [0.2, 0.25) is 0 Å². The third-order valence-corrected chi connectivity index (χ3v) is 3.00. The number of terminal acetylenes is 1. The first-order chi connectivity index (χ1) is 9.22. The molecule has 2 aromatic carbocycles. The second-order valence-corrected chi connectivity index (χ2v) is 4.79. The van der Waals surface area contributed by atoms with E-state index in [4.69, 9.17) is 11.2 Å². The summed E-state index contributed by atoms with van der Waals surface area (Å²) in [6.45, 7) is 5.34. The van der Waals surface area contributed by atoms with E-state index in [1.807, 2.05) is 18.2 Å². The van der Waals surface area contributed by atoms with Gasteiger partial charge in [-0.05, 0) is 16.8 Å². The highest BCUT2D eigenvalue weighted by Gasteiger charge is 2.09. The molecule has 0 fully saturated rings. The molecule has 98 valence electrons. The van der Waals surface area contributed by atoms with Gasteiger partial charge >= 0.3 is 0 Å². The maximum Gasteiger partial charge on any atom is 0.148 e. The van der Waals surface area contributed by atoms with Crippen LogP contribution < -0.4 is 10.1 Å². The highest BCUT2D eigenvalue weighted by molar-refractivity contribution is 5.87. The largest absolute Gasteiger partial charge is 0.481 e. The van der Waals surface area contributed by atoms with E-state index in [-0.39, 0.29) is 0 Å². The number of rotatable bonds is 5. The third-order valence-electron chi connectivity index (χ3n) is 3.00. The molecule has 0 radical (unpaired) electrons. The average molecular weight is 253 g/mol. The Balaban J connectivity index is 2.42. The highest BCUT2D eigenvalue weighted by Crippen LogP contribution is 2.28. The molecule has 2 rings (SSSR count). The van der Waals surface area contributed by atoms with E-state index in [0.717, 1.165) is 12.3 Å². The lowest BCUT2D eigenvalue weighted by Gasteiger charge is -2.15. The molecule has 0 bridgehead atoms. The van der Waals surface area contributed by atoms with E-state index in [0.29, 0.717) is 12.6 Å². The molecule has 0 atom stereocenters. The van der Waals surface area contributed by atoms with Crippen LogP contribution in [0.4, 0.5) is 0 Å². The molecule has 2 nitrogen and oxygen atoms in total. The molecule has 0 aromatic heterocycles. The standard InChI is InChI=1S/C17H19NO/c1-4-11-19-17-10-9-14-7-5-6-8-15(14)16(17)12-18-13(2)3/h1,5-10,13,18H,11-12H2,2-3H3. The van der Waals surface area contributed by atoms with Crippen LogP contribution in [-0.4, -0.2) is 12.6 Å². The van der Waals surface area contributed by atoms with E-state index >= 15 is 0 Å². The fourth-order valence-electron chi connectivity index (χ4n) is 2.06. The van der Waals surface area contributed by atoms with Crippen molar-refractivity contribution < 1.29 is 4.74 Å². The van der Waals surface area contributed by atoms with Gasteiger partial charge in [-0.3, -0.25) is 0 Å². The van der Waals surface area contributed by atoms with Gasteiger partial charge in [0.2, 0.25) is 0 Å². The van der Waals surface area contributed by atoms with Crippen LogP contribution in [0.5, 0.6) is 5.75 Å². The Kier molecular flexibility index (Phi) is 4.43. The number of hydrogen-bond donors (Lipinski definition) is 1. The minimum atomic E-state index is 0.299. The molecular weight excluding hydrogens is 234 g/mol. The summed E-state index contributed by atoms with van der Waals surface area (Å²) >= 11 is 0. The summed E-state index contributed by atoms with van der Waals surface area (Å²) in [5.74, 6) is 3.38. The molecule has 2 aromatic rings. The Morgan fingerprint density at radius 2 is 2.00 bits per heavy atom. The first-order valence-electron chi connectivity index (χ1n) is 6.52. The van der Waals surface area contributed by atoms with Crippen LogP contribution in [0.1, 0.15) is 19.4 Å². The molecule has 0 spiro atoms. The first kappa shape index (κ1) is 13.5. The Morgan fingerprint density at radius 1 is 1.21 bits per heavy atom. The lowest BCUT2D eigenvalue weighted by Crippen LogP contribution is -2.22. The molecule has 0 aliphatic heterocycles. The first-order valence-corrected chi connectivity index (χ1v) is 6.52. The van der Waals surface area contributed by atoms with Gasteiger partial charge in [-0.15, -0.1) is 6.42 Å². The van der Waals surface area contributed by atoms with Gasteiger partial charge in [0.15, 0.2) is 0 Å². The minimum absolute atomic E-state index is 0.299. The molecule has 0 saturated carbocycles. The van der Waals surface area contributed by atoms with E-state index in [9.17, 15) is 0 Å². The number of benzene rings is 2. The third kappa shape index (κ3) is 3.27. The van der Waals surface area contributed by atoms with Gasteiger partial charge in [-0.2, -0.15) is 0 Å². The van der Waals surface area contributed by atoms with Crippen molar-refractivity contribution in [3.05, 3.63) is 42.0 Å². The molecule has 0 unspecified atom stereocenters. The summed E-state index contributed by atoms with van der Waals surface area (Å²) in [6, 6.07) is 12.8. The quantitative estimate of drug-likeness (QED) is 0.825. The van der Waals surface area contributed by atoms with Crippen LogP contribution >= 0.6 is 0 Å². The number of ether oxygens (including phenoxy) is 1. The zero-order valence-electron chi connectivity index (χ0n) is 11.4. The van der Waals surface area contributed by atoms with Crippen molar-refractivity contribution in [3.63, 3.8) is 0 Å². The monoisotopic (exact) mass is 253 g/mol. The minimum Gasteiger partial charge on any atom is -0.481 e. The van der Waals surface area contributed by atoms with Crippen LogP contribution in [0.15, 0.2) is 36.4 Å². The molecule has 0 aliphatic carbocycles. The fraction of sp³-hybridized carbons (Fsp3) is 0.294. The van der Waals surface area contributed by atoms with Crippen molar-refractivity contribution in [2.45, 2.75) is 26.4 Å². The Bertz CT molecular complexity index is 596. The fourth-order valence-corrected chi connectivity index (χ4v) is 2.06. The molecular formula is C17H19NO. The van der Waals surface area contributed by atoms with Gasteiger partial charge in [-0.25, -0.2) is 0 Å². The lowest BCUT2D eigenvalue weighted by molar-refractivity contribution is 0.365. The van der Waals surface area contributed by atoms with Crippen LogP contribution in [0, 0.1) is 12.3 Å². The summed E-state index contributed by atoms with van der Waals surface area (Å²) in [4.78, 5) is 0. The molecule has 0 heterocycles. The summed E-state index contributed by atoms with van der Waals surface area (Å²) in [7, 11) is 0. The summed E-state index contributed by atoms with van der Waals surface area (Å²) in [6.07, 6.45) is 5.27. The molecule has 0 aliphatic rings. The predicted molar refractivity (Wildman–Crippen MR) is 80.3 cm³/mol. The molecule has 19 heavy (non-hydrogen) atoms. The van der Waals surface area contributed by atoms with Crippen molar-refractivity contribution in [2.75, 3.05) is 6.61 Å². The summed E-state index contributed by atoms with van der Waals surface area (Å²) < 4.78 is 5.65. The smallest absolute Gasteiger partial charge is 0.148 e. The van der Waals surface area contributed by atoms with Gasteiger partial charge < -0.3 is 10.1 Å². The van der Waals surface area contributed by atoms with E-state index in [1.54, 1.807) is 0 Å². The van der Waals surface area contributed by atoms with E-state index < -0.39 is 0 Å². The molecule has 0 amide bonds. The molecule has 0 saturated heterocycles. The van der Waals surface area contributed by atoms with E-state index in [1.165, 1.54) is 16.3 Å². The molecule has 2 heteroatoms. The van der Waals surface area contributed by atoms with Crippen molar-refractivity contribution in [2.24, 2.45) is 0 Å². The number of fused-ring (bicyclic) bond motifs is 1. The van der Waals surface area contributed by atoms with Gasteiger partial charge in [0, 0.05) is 18.2 Å². The maximum atomic E-state index is 5.65. The lowest BCUT2D eigenvalue weighted by atomic mass is 10.0. The zero-order chi connectivity index (χ0) is 13.7.